The van der Waals surface area contributed by atoms with E-state index in [-0.39, 0.29) is 6.61 Å². The van der Waals surface area contributed by atoms with Gasteiger partial charge in [0.05, 0.1) is 5.70 Å². The molecule has 0 spiro atoms. The summed E-state index contributed by atoms with van der Waals surface area (Å²) in [5, 5.41) is 4.50. The van der Waals surface area contributed by atoms with Crippen LogP contribution >= 0.6 is 0 Å². The minimum Gasteiger partial charge on any atom is -0.456 e. The number of esters is 1. The molecule has 0 saturated carbocycles. The SMILES string of the molecule is O=C(NC(=O)c1ccccc1)NC1=CC(=O)OC1. The maximum absolute atomic E-state index is 11.6. The van der Waals surface area contributed by atoms with Crippen molar-refractivity contribution in [3.8, 4) is 0 Å². The van der Waals surface area contributed by atoms with Crippen molar-refractivity contribution in [3.05, 3.63) is 47.7 Å². The summed E-state index contributed by atoms with van der Waals surface area (Å²) in [6.45, 7) is 0.00573. The number of benzene rings is 1. The van der Waals surface area contributed by atoms with Crippen LogP contribution in [0.15, 0.2) is 42.1 Å². The molecule has 92 valence electrons. The van der Waals surface area contributed by atoms with Gasteiger partial charge in [-0.3, -0.25) is 10.1 Å². The van der Waals surface area contributed by atoms with Crippen molar-refractivity contribution in [2.45, 2.75) is 0 Å². The normalized spacial score (nSPS) is 13.6. The Morgan fingerprint density at radius 2 is 1.89 bits per heavy atom. The zero-order chi connectivity index (χ0) is 13.0. The Morgan fingerprint density at radius 3 is 2.50 bits per heavy atom. The molecule has 0 unspecified atom stereocenters. The molecule has 0 aliphatic carbocycles. The molecule has 1 aliphatic heterocycles. The fraction of sp³-hybridized carbons (Fsp3) is 0.0833. The molecule has 0 bridgehead atoms. The number of hydrogen-bond donors (Lipinski definition) is 2. The van der Waals surface area contributed by atoms with E-state index in [1.165, 1.54) is 0 Å². The summed E-state index contributed by atoms with van der Waals surface area (Å²) in [6.07, 6.45) is 1.16. The molecule has 0 atom stereocenters. The zero-order valence-corrected chi connectivity index (χ0v) is 9.30. The Balaban J connectivity index is 1.90. The van der Waals surface area contributed by atoms with Crippen molar-refractivity contribution in [3.63, 3.8) is 0 Å². The highest BCUT2D eigenvalue weighted by Gasteiger charge is 2.16. The number of urea groups is 1. The molecule has 1 heterocycles. The van der Waals surface area contributed by atoms with Crippen LogP contribution < -0.4 is 10.6 Å². The molecule has 2 N–H and O–H groups in total. The quantitative estimate of drug-likeness (QED) is 0.747. The molecule has 1 aromatic carbocycles. The predicted octanol–water partition coefficient (Wildman–Crippen LogP) is 0.567. The number of carbonyl (C=O) groups is 3. The summed E-state index contributed by atoms with van der Waals surface area (Å²) >= 11 is 0. The van der Waals surface area contributed by atoms with Gasteiger partial charge in [0, 0.05) is 11.6 Å². The third-order valence-corrected chi connectivity index (χ3v) is 2.20. The van der Waals surface area contributed by atoms with E-state index in [4.69, 9.17) is 0 Å². The Bertz CT molecular complexity index is 522. The van der Waals surface area contributed by atoms with Gasteiger partial charge in [-0.15, -0.1) is 0 Å². The minimum absolute atomic E-state index is 0.00573. The third kappa shape index (κ3) is 2.94. The molecule has 6 heteroatoms. The van der Waals surface area contributed by atoms with Gasteiger partial charge in [-0.1, -0.05) is 18.2 Å². The van der Waals surface area contributed by atoms with Gasteiger partial charge in [-0.2, -0.15) is 0 Å². The summed E-state index contributed by atoms with van der Waals surface area (Å²) in [4.78, 5) is 33.8. The average Bonchev–Trinajstić information content (AvgIpc) is 2.75. The third-order valence-electron chi connectivity index (χ3n) is 2.20. The second kappa shape index (κ2) is 5.13. The summed E-state index contributed by atoms with van der Waals surface area (Å²) in [5.74, 6) is -1.03. The minimum atomic E-state index is -0.701. The second-order valence-corrected chi connectivity index (χ2v) is 3.55. The number of hydrogen-bond acceptors (Lipinski definition) is 4. The van der Waals surface area contributed by atoms with Gasteiger partial charge in [-0.25, -0.2) is 9.59 Å². The maximum atomic E-state index is 11.6. The number of cyclic esters (lactones) is 1. The van der Waals surface area contributed by atoms with E-state index >= 15 is 0 Å². The van der Waals surface area contributed by atoms with Crippen LogP contribution in [0.4, 0.5) is 4.79 Å². The first-order valence-corrected chi connectivity index (χ1v) is 5.20. The van der Waals surface area contributed by atoms with E-state index in [1.54, 1.807) is 30.3 Å². The summed E-state index contributed by atoms with van der Waals surface area (Å²) < 4.78 is 4.60. The van der Waals surface area contributed by atoms with Crippen LogP contribution in [-0.4, -0.2) is 24.5 Å². The fourth-order valence-corrected chi connectivity index (χ4v) is 1.39. The van der Waals surface area contributed by atoms with Gasteiger partial charge < -0.3 is 10.1 Å². The van der Waals surface area contributed by atoms with Crippen molar-refractivity contribution < 1.29 is 19.1 Å². The topological polar surface area (TPSA) is 84.5 Å². The molecule has 1 aromatic rings. The molecular weight excluding hydrogens is 236 g/mol. The lowest BCUT2D eigenvalue weighted by molar-refractivity contribution is -0.134. The van der Waals surface area contributed by atoms with Crippen LogP contribution in [-0.2, 0) is 9.53 Å². The first-order chi connectivity index (χ1) is 8.65. The van der Waals surface area contributed by atoms with Crippen molar-refractivity contribution in [1.82, 2.24) is 10.6 Å². The van der Waals surface area contributed by atoms with Crippen molar-refractivity contribution in [2.75, 3.05) is 6.61 Å². The Morgan fingerprint density at radius 1 is 1.17 bits per heavy atom. The number of amides is 3. The largest absolute Gasteiger partial charge is 0.456 e. The van der Waals surface area contributed by atoms with E-state index in [0.717, 1.165) is 6.08 Å². The van der Waals surface area contributed by atoms with Crippen LogP contribution in [0.2, 0.25) is 0 Å². The molecule has 0 radical (unpaired) electrons. The van der Waals surface area contributed by atoms with E-state index < -0.39 is 17.9 Å². The van der Waals surface area contributed by atoms with Crippen LogP contribution in [0.25, 0.3) is 0 Å². The Labute approximate surface area is 103 Å². The molecule has 0 fully saturated rings. The van der Waals surface area contributed by atoms with Gasteiger partial charge in [0.2, 0.25) is 0 Å². The summed E-state index contributed by atoms with van der Waals surface area (Å²) in [7, 11) is 0. The number of rotatable bonds is 2. The van der Waals surface area contributed by atoms with Gasteiger partial charge in [-0.05, 0) is 12.1 Å². The van der Waals surface area contributed by atoms with E-state index in [1.807, 2.05) is 0 Å². The average molecular weight is 246 g/mol. The lowest BCUT2D eigenvalue weighted by Crippen LogP contribution is -2.39. The summed E-state index contributed by atoms with van der Waals surface area (Å²) in [5.41, 5.74) is 0.693. The highest BCUT2D eigenvalue weighted by Crippen LogP contribution is 2.02. The standard InChI is InChI=1S/C12H10N2O4/c15-10-6-9(7-18-10)13-12(17)14-11(16)8-4-2-1-3-5-8/h1-6H,7H2,(H2,13,14,16,17). The first-order valence-electron chi connectivity index (χ1n) is 5.20. The Hall–Kier alpha value is -2.63. The van der Waals surface area contributed by atoms with Gasteiger partial charge in [0.25, 0.3) is 5.91 Å². The lowest BCUT2D eigenvalue weighted by atomic mass is 10.2. The molecule has 6 nitrogen and oxygen atoms in total. The molecule has 0 saturated heterocycles. The lowest BCUT2D eigenvalue weighted by Gasteiger charge is -2.06. The molecular formula is C12H10N2O4. The number of imide groups is 1. The monoisotopic (exact) mass is 246 g/mol. The van der Waals surface area contributed by atoms with Gasteiger partial charge >= 0.3 is 12.0 Å². The molecule has 3 amide bonds. The van der Waals surface area contributed by atoms with Crippen LogP contribution in [0.5, 0.6) is 0 Å². The molecule has 1 aliphatic rings. The fourth-order valence-electron chi connectivity index (χ4n) is 1.39. The van der Waals surface area contributed by atoms with Crippen LogP contribution in [0.3, 0.4) is 0 Å². The Kier molecular flexibility index (Phi) is 3.38. The molecule has 18 heavy (non-hydrogen) atoms. The van der Waals surface area contributed by atoms with Crippen molar-refractivity contribution >= 4 is 17.9 Å². The van der Waals surface area contributed by atoms with Crippen molar-refractivity contribution in [1.29, 1.82) is 0 Å². The smallest absolute Gasteiger partial charge is 0.333 e. The number of ether oxygens (including phenoxy) is 1. The number of carbonyl (C=O) groups excluding carboxylic acids is 3. The van der Waals surface area contributed by atoms with Gasteiger partial charge in [0.1, 0.15) is 6.61 Å². The highest BCUT2D eigenvalue weighted by atomic mass is 16.5. The maximum Gasteiger partial charge on any atom is 0.333 e. The number of nitrogens with one attached hydrogen (secondary N) is 2. The van der Waals surface area contributed by atoms with E-state index in [2.05, 4.69) is 15.4 Å². The predicted molar refractivity (Wildman–Crippen MR) is 61.5 cm³/mol. The zero-order valence-electron chi connectivity index (χ0n) is 9.30. The van der Waals surface area contributed by atoms with E-state index in [9.17, 15) is 14.4 Å². The first kappa shape index (κ1) is 11.8. The molecule has 2 rings (SSSR count). The van der Waals surface area contributed by atoms with Gasteiger partial charge in [0.15, 0.2) is 0 Å². The second-order valence-electron chi connectivity index (χ2n) is 3.55. The van der Waals surface area contributed by atoms with Crippen molar-refractivity contribution in [2.24, 2.45) is 0 Å². The summed E-state index contributed by atoms with van der Waals surface area (Å²) in [6, 6.07) is 7.63. The molecule has 0 aromatic heterocycles. The van der Waals surface area contributed by atoms with Crippen LogP contribution in [0.1, 0.15) is 10.4 Å². The van der Waals surface area contributed by atoms with Crippen LogP contribution in [0, 0.1) is 0 Å². The van der Waals surface area contributed by atoms with E-state index in [0.29, 0.717) is 11.3 Å². The highest BCUT2D eigenvalue weighted by molar-refractivity contribution is 6.04.